The van der Waals surface area contributed by atoms with Crippen LogP contribution in [0.25, 0.3) is 0 Å². The first kappa shape index (κ1) is 11.1. The van der Waals surface area contributed by atoms with Gasteiger partial charge in [-0.1, -0.05) is 11.6 Å². The Morgan fingerprint density at radius 1 is 1.56 bits per heavy atom. The van der Waals surface area contributed by atoms with Crippen LogP contribution >= 0.6 is 11.6 Å². The zero-order chi connectivity index (χ0) is 11.4. The summed E-state index contributed by atoms with van der Waals surface area (Å²) >= 11 is 5.67. The molecule has 1 aromatic rings. The van der Waals surface area contributed by atoms with Crippen molar-refractivity contribution in [3.8, 4) is 5.75 Å². The van der Waals surface area contributed by atoms with Gasteiger partial charge >= 0.3 is 0 Å². The monoisotopic (exact) mass is 239 g/mol. The first-order valence-electron chi connectivity index (χ1n) is 5.19. The first-order valence-corrected chi connectivity index (χ1v) is 5.57. The third-order valence-corrected chi connectivity index (χ3v) is 2.66. The molecule has 0 aromatic carbocycles. The summed E-state index contributed by atoms with van der Waals surface area (Å²) in [4.78, 5) is 3.94. The van der Waals surface area contributed by atoms with E-state index in [1.807, 2.05) is 12.1 Å². The number of pyridine rings is 1. The molecule has 16 heavy (non-hydrogen) atoms. The van der Waals surface area contributed by atoms with Gasteiger partial charge in [0.05, 0.1) is 18.6 Å². The minimum Gasteiger partial charge on any atom is -0.492 e. The Morgan fingerprint density at radius 2 is 2.44 bits per heavy atom. The Bertz CT molecular complexity index is 377. The summed E-state index contributed by atoms with van der Waals surface area (Å²) in [6.07, 6.45) is 4.60. The molecule has 2 rings (SSSR count). The van der Waals surface area contributed by atoms with Crippen molar-refractivity contribution in [2.45, 2.75) is 6.42 Å². The molecule has 0 amide bonds. The summed E-state index contributed by atoms with van der Waals surface area (Å²) < 4.78 is 5.54. The minimum absolute atomic E-state index is 0.459. The molecule has 3 N–H and O–H groups in total. The average Bonchev–Trinajstić information content (AvgIpc) is 2.67. The predicted octanol–water partition coefficient (Wildman–Crippen LogP) is 1.52. The van der Waals surface area contributed by atoms with E-state index < -0.39 is 0 Å². The summed E-state index contributed by atoms with van der Waals surface area (Å²) in [5.41, 5.74) is 5.61. The maximum absolute atomic E-state index is 5.67. The molecule has 0 unspecified atom stereocenters. The Kier molecular flexibility index (Phi) is 3.51. The van der Waals surface area contributed by atoms with Gasteiger partial charge in [0.2, 0.25) is 0 Å². The van der Waals surface area contributed by atoms with E-state index in [9.17, 15) is 0 Å². The van der Waals surface area contributed by atoms with Crippen LogP contribution in [0.3, 0.4) is 0 Å². The molecular weight excluding hydrogens is 226 g/mol. The predicted molar refractivity (Wildman–Crippen MR) is 63.1 cm³/mol. The van der Waals surface area contributed by atoms with Gasteiger partial charge in [-0.05, 0) is 24.6 Å². The van der Waals surface area contributed by atoms with Crippen LogP contribution in [0.15, 0.2) is 30.2 Å². The molecule has 0 spiro atoms. The molecule has 0 fully saturated rings. The van der Waals surface area contributed by atoms with Crippen molar-refractivity contribution in [1.29, 1.82) is 0 Å². The van der Waals surface area contributed by atoms with Crippen molar-refractivity contribution in [3.63, 3.8) is 0 Å². The summed E-state index contributed by atoms with van der Waals surface area (Å²) in [7, 11) is 0. The Morgan fingerprint density at radius 3 is 3.06 bits per heavy atom. The van der Waals surface area contributed by atoms with E-state index in [1.54, 1.807) is 12.3 Å². The lowest BCUT2D eigenvalue weighted by Crippen LogP contribution is -2.17. The van der Waals surface area contributed by atoms with Crippen molar-refractivity contribution >= 4 is 11.6 Å². The molecular formula is C11H14ClN3O. The number of nitrogens with two attached hydrogens (primary N) is 1. The highest BCUT2D eigenvalue weighted by Crippen LogP contribution is 2.15. The Balaban J connectivity index is 1.74. The van der Waals surface area contributed by atoms with Crippen LogP contribution in [0.2, 0.25) is 5.15 Å². The molecule has 0 saturated heterocycles. The Labute approximate surface area is 99.5 Å². The van der Waals surface area contributed by atoms with Crippen molar-refractivity contribution in [1.82, 2.24) is 10.3 Å². The van der Waals surface area contributed by atoms with E-state index in [2.05, 4.69) is 10.3 Å². The van der Waals surface area contributed by atoms with Crippen LogP contribution in [0.5, 0.6) is 5.75 Å². The smallest absolute Gasteiger partial charge is 0.137 e. The van der Waals surface area contributed by atoms with Crippen LogP contribution in [-0.2, 0) is 0 Å². The van der Waals surface area contributed by atoms with Gasteiger partial charge in [-0.15, -0.1) is 0 Å². The van der Waals surface area contributed by atoms with Crippen molar-refractivity contribution in [2.24, 2.45) is 11.7 Å². The number of rotatable bonds is 4. The van der Waals surface area contributed by atoms with Crippen LogP contribution in [0.1, 0.15) is 6.42 Å². The fourth-order valence-corrected chi connectivity index (χ4v) is 1.69. The summed E-state index contributed by atoms with van der Waals surface area (Å²) in [6.45, 7) is 1.55. The normalized spacial score (nSPS) is 19.1. The molecule has 0 bridgehead atoms. The average molecular weight is 240 g/mol. The Hall–Kier alpha value is -1.42. The van der Waals surface area contributed by atoms with Crippen LogP contribution < -0.4 is 15.8 Å². The highest BCUT2D eigenvalue weighted by Gasteiger charge is 2.12. The van der Waals surface area contributed by atoms with Gasteiger partial charge in [-0.2, -0.15) is 0 Å². The summed E-state index contributed by atoms with van der Waals surface area (Å²) in [5.74, 6) is 1.96. The molecule has 5 heteroatoms. The number of ether oxygens (including phenoxy) is 1. The van der Waals surface area contributed by atoms with Crippen molar-refractivity contribution < 1.29 is 4.74 Å². The molecule has 1 aliphatic heterocycles. The second kappa shape index (κ2) is 5.07. The zero-order valence-corrected chi connectivity index (χ0v) is 9.57. The SMILES string of the molecule is NC1=C[C@H](CCOc2ccc(Cl)nc2)CN1. The highest BCUT2D eigenvalue weighted by atomic mass is 35.5. The lowest BCUT2D eigenvalue weighted by molar-refractivity contribution is 0.292. The number of halogens is 1. The molecule has 86 valence electrons. The van der Waals surface area contributed by atoms with Gasteiger partial charge in [0.25, 0.3) is 0 Å². The molecule has 1 aliphatic rings. The first-order chi connectivity index (χ1) is 7.74. The number of nitrogens with zero attached hydrogens (tertiary/aromatic N) is 1. The van der Waals surface area contributed by atoms with E-state index in [4.69, 9.17) is 22.1 Å². The lowest BCUT2D eigenvalue weighted by atomic mass is 10.1. The molecule has 0 radical (unpaired) electrons. The molecule has 1 aromatic heterocycles. The molecule has 2 heterocycles. The third-order valence-electron chi connectivity index (χ3n) is 2.44. The number of nitrogens with one attached hydrogen (secondary N) is 1. The van der Waals surface area contributed by atoms with Crippen molar-refractivity contribution in [3.05, 3.63) is 35.4 Å². The third kappa shape index (κ3) is 3.03. The van der Waals surface area contributed by atoms with Gasteiger partial charge < -0.3 is 15.8 Å². The maximum Gasteiger partial charge on any atom is 0.137 e. The molecule has 0 saturated carbocycles. The van der Waals surface area contributed by atoms with Crippen LogP contribution in [0, 0.1) is 5.92 Å². The van der Waals surface area contributed by atoms with E-state index in [-0.39, 0.29) is 0 Å². The van der Waals surface area contributed by atoms with E-state index >= 15 is 0 Å². The largest absolute Gasteiger partial charge is 0.492 e. The van der Waals surface area contributed by atoms with E-state index in [1.165, 1.54) is 0 Å². The number of aromatic nitrogens is 1. The second-order valence-electron chi connectivity index (χ2n) is 3.72. The van der Waals surface area contributed by atoms with E-state index in [0.29, 0.717) is 17.7 Å². The zero-order valence-electron chi connectivity index (χ0n) is 8.82. The van der Waals surface area contributed by atoms with Gasteiger partial charge in [-0.25, -0.2) is 4.98 Å². The number of hydrogen-bond acceptors (Lipinski definition) is 4. The molecule has 1 atom stereocenters. The second-order valence-corrected chi connectivity index (χ2v) is 4.10. The fraction of sp³-hybridized carbons (Fsp3) is 0.364. The van der Waals surface area contributed by atoms with Gasteiger partial charge in [-0.3, -0.25) is 0 Å². The molecule has 4 nitrogen and oxygen atoms in total. The quantitative estimate of drug-likeness (QED) is 0.783. The van der Waals surface area contributed by atoms with E-state index in [0.717, 1.165) is 24.5 Å². The number of hydrogen-bond donors (Lipinski definition) is 2. The van der Waals surface area contributed by atoms with Gasteiger partial charge in [0.15, 0.2) is 0 Å². The summed E-state index contributed by atoms with van der Waals surface area (Å²) in [5, 5.41) is 3.55. The minimum atomic E-state index is 0.459. The van der Waals surface area contributed by atoms with Crippen LogP contribution in [-0.4, -0.2) is 18.1 Å². The summed E-state index contributed by atoms with van der Waals surface area (Å²) in [6, 6.07) is 3.53. The van der Waals surface area contributed by atoms with Gasteiger partial charge in [0.1, 0.15) is 10.9 Å². The maximum atomic E-state index is 5.67. The topological polar surface area (TPSA) is 60.2 Å². The lowest BCUT2D eigenvalue weighted by Gasteiger charge is -2.08. The highest BCUT2D eigenvalue weighted by molar-refractivity contribution is 6.29. The van der Waals surface area contributed by atoms with Crippen molar-refractivity contribution in [2.75, 3.05) is 13.2 Å². The fourth-order valence-electron chi connectivity index (χ4n) is 1.58. The van der Waals surface area contributed by atoms with Crippen LogP contribution in [0.4, 0.5) is 0 Å². The molecule has 0 aliphatic carbocycles. The standard InChI is InChI=1S/C11H14ClN3O/c12-10-2-1-9(7-14-10)16-4-3-8-5-11(13)15-6-8/h1-2,5,7-8,15H,3-4,6,13H2/t8-/m0/s1. The van der Waals surface area contributed by atoms with Gasteiger partial charge in [0, 0.05) is 12.5 Å².